The van der Waals surface area contributed by atoms with Crippen LogP contribution in [0.4, 0.5) is 8.78 Å². The Kier molecular flexibility index (Phi) is 6.36. The highest BCUT2D eigenvalue weighted by Crippen LogP contribution is 2.36. The lowest BCUT2D eigenvalue weighted by atomic mass is 10.1. The molecule has 0 aliphatic rings. The normalized spacial score (nSPS) is 11.8. The van der Waals surface area contributed by atoms with Crippen LogP contribution in [0.25, 0.3) is 0 Å². The van der Waals surface area contributed by atoms with E-state index in [-0.39, 0.29) is 5.56 Å². The summed E-state index contributed by atoms with van der Waals surface area (Å²) in [7, 11) is 1.47. The van der Waals surface area contributed by atoms with E-state index in [0.29, 0.717) is 28.1 Å². The van der Waals surface area contributed by atoms with Gasteiger partial charge in [-0.05, 0) is 48.0 Å². The number of hydrogen-bond acceptors (Lipinski definition) is 3. The zero-order valence-corrected chi connectivity index (χ0v) is 15.6. The summed E-state index contributed by atoms with van der Waals surface area (Å²) in [5.74, 6) is -0.891. The van der Waals surface area contributed by atoms with E-state index in [1.54, 1.807) is 19.1 Å². The molecule has 0 heterocycles. The molecular weight excluding hydrogens is 396 g/mol. The Morgan fingerprint density at radius 1 is 1.28 bits per heavy atom. The minimum Gasteiger partial charge on any atom is -0.493 e. The van der Waals surface area contributed by atoms with Crippen molar-refractivity contribution in [1.82, 2.24) is 5.32 Å². The second-order valence-electron chi connectivity index (χ2n) is 5.28. The van der Waals surface area contributed by atoms with Gasteiger partial charge in [-0.25, -0.2) is 8.78 Å². The van der Waals surface area contributed by atoms with Gasteiger partial charge in [0, 0.05) is 17.2 Å². The highest BCUT2D eigenvalue weighted by molar-refractivity contribution is 9.10. The van der Waals surface area contributed by atoms with E-state index in [2.05, 4.69) is 21.2 Å². The highest BCUT2D eigenvalue weighted by atomic mass is 79.9. The number of ether oxygens (including phenoxy) is 2. The molecule has 0 spiro atoms. The lowest BCUT2D eigenvalue weighted by Crippen LogP contribution is -2.27. The fourth-order valence-electron chi connectivity index (χ4n) is 2.35. The van der Waals surface area contributed by atoms with Crippen LogP contribution in [0.1, 0.15) is 35.8 Å². The molecule has 0 aliphatic carbocycles. The number of amides is 1. The average molecular weight is 414 g/mol. The van der Waals surface area contributed by atoms with Gasteiger partial charge in [0.1, 0.15) is 11.6 Å². The summed E-state index contributed by atoms with van der Waals surface area (Å²) in [4.78, 5) is 12.5. The molecule has 2 aromatic carbocycles. The second kappa shape index (κ2) is 8.29. The number of halogens is 3. The van der Waals surface area contributed by atoms with E-state index in [0.717, 1.165) is 12.1 Å². The van der Waals surface area contributed by atoms with Crippen LogP contribution in [-0.4, -0.2) is 19.6 Å². The summed E-state index contributed by atoms with van der Waals surface area (Å²) < 4.78 is 38.2. The summed E-state index contributed by atoms with van der Waals surface area (Å²) in [6.07, 6.45) is 0. The third-order valence-electron chi connectivity index (χ3n) is 3.56. The minimum absolute atomic E-state index is 0.201. The van der Waals surface area contributed by atoms with Crippen LogP contribution in [0.2, 0.25) is 0 Å². The monoisotopic (exact) mass is 413 g/mol. The molecule has 0 aliphatic heterocycles. The van der Waals surface area contributed by atoms with E-state index < -0.39 is 23.6 Å². The summed E-state index contributed by atoms with van der Waals surface area (Å²) in [5.41, 5.74) is 0.522. The first-order chi connectivity index (χ1) is 11.9. The van der Waals surface area contributed by atoms with Crippen LogP contribution in [0, 0.1) is 11.6 Å². The summed E-state index contributed by atoms with van der Waals surface area (Å²) in [6.45, 7) is 3.90. The van der Waals surface area contributed by atoms with Crippen molar-refractivity contribution >= 4 is 21.8 Å². The van der Waals surface area contributed by atoms with E-state index in [9.17, 15) is 13.6 Å². The Hall–Kier alpha value is -2.15. The maximum absolute atomic E-state index is 13.8. The topological polar surface area (TPSA) is 47.6 Å². The largest absolute Gasteiger partial charge is 0.493 e. The van der Waals surface area contributed by atoms with Crippen molar-refractivity contribution in [2.24, 2.45) is 0 Å². The van der Waals surface area contributed by atoms with Crippen molar-refractivity contribution < 1.29 is 23.0 Å². The Bertz CT molecular complexity index is 783. The molecule has 0 radical (unpaired) electrons. The van der Waals surface area contributed by atoms with Gasteiger partial charge in [-0.1, -0.05) is 6.07 Å². The van der Waals surface area contributed by atoms with Gasteiger partial charge in [-0.15, -0.1) is 0 Å². The number of carbonyl (C=O) groups excluding carboxylic acids is 1. The van der Waals surface area contributed by atoms with Crippen LogP contribution >= 0.6 is 15.9 Å². The van der Waals surface area contributed by atoms with Gasteiger partial charge in [-0.3, -0.25) is 4.79 Å². The molecular formula is C18H18BrF2NO3. The molecule has 7 heteroatoms. The molecule has 0 saturated carbocycles. The maximum atomic E-state index is 13.8. The van der Waals surface area contributed by atoms with Gasteiger partial charge < -0.3 is 14.8 Å². The Morgan fingerprint density at radius 3 is 2.60 bits per heavy atom. The van der Waals surface area contributed by atoms with E-state index >= 15 is 0 Å². The first kappa shape index (κ1) is 19.2. The maximum Gasteiger partial charge on any atom is 0.251 e. The van der Waals surface area contributed by atoms with Crippen molar-refractivity contribution in [3.05, 3.63) is 57.6 Å². The number of benzene rings is 2. The summed E-state index contributed by atoms with van der Waals surface area (Å²) in [5, 5.41) is 2.68. The van der Waals surface area contributed by atoms with Gasteiger partial charge in [0.25, 0.3) is 5.91 Å². The van der Waals surface area contributed by atoms with Gasteiger partial charge in [0.15, 0.2) is 11.5 Å². The molecule has 0 bridgehead atoms. The summed E-state index contributed by atoms with van der Waals surface area (Å²) in [6, 6.07) is 5.75. The Balaban J connectivity index is 2.24. The van der Waals surface area contributed by atoms with Crippen molar-refractivity contribution in [3.63, 3.8) is 0 Å². The van der Waals surface area contributed by atoms with E-state index in [4.69, 9.17) is 9.47 Å². The number of rotatable bonds is 6. The van der Waals surface area contributed by atoms with Gasteiger partial charge in [-0.2, -0.15) is 0 Å². The lowest BCUT2D eigenvalue weighted by Gasteiger charge is -2.17. The van der Waals surface area contributed by atoms with Crippen molar-refractivity contribution in [2.75, 3.05) is 13.7 Å². The standard InChI is InChI=1S/C18H18BrF2NO3/c1-4-25-17-14(19)7-11(8-16(17)24-3)18(23)22-10(2)13-6-5-12(20)9-15(13)21/h5-10H,4H2,1-3H3,(H,22,23). The fourth-order valence-corrected chi connectivity index (χ4v) is 2.90. The first-order valence-electron chi connectivity index (χ1n) is 7.63. The molecule has 0 saturated heterocycles. The molecule has 1 unspecified atom stereocenters. The summed E-state index contributed by atoms with van der Waals surface area (Å²) >= 11 is 3.35. The molecule has 2 aromatic rings. The zero-order chi connectivity index (χ0) is 18.6. The molecule has 1 N–H and O–H groups in total. The lowest BCUT2D eigenvalue weighted by molar-refractivity contribution is 0.0939. The Morgan fingerprint density at radius 2 is 2.00 bits per heavy atom. The van der Waals surface area contributed by atoms with Crippen molar-refractivity contribution in [1.29, 1.82) is 0 Å². The van der Waals surface area contributed by atoms with Crippen LogP contribution in [-0.2, 0) is 0 Å². The van der Waals surface area contributed by atoms with Crippen LogP contribution in [0.3, 0.4) is 0 Å². The number of nitrogens with one attached hydrogen (secondary N) is 1. The SMILES string of the molecule is CCOc1c(Br)cc(C(=O)NC(C)c2ccc(F)cc2F)cc1OC. The van der Waals surface area contributed by atoms with E-state index in [1.807, 2.05) is 6.92 Å². The number of hydrogen-bond donors (Lipinski definition) is 1. The van der Waals surface area contributed by atoms with Crippen LogP contribution in [0.15, 0.2) is 34.8 Å². The molecule has 0 fully saturated rings. The Labute approximate surface area is 153 Å². The molecule has 134 valence electrons. The predicted molar refractivity (Wildman–Crippen MR) is 94.1 cm³/mol. The third kappa shape index (κ3) is 4.48. The number of carbonyl (C=O) groups is 1. The zero-order valence-electron chi connectivity index (χ0n) is 14.0. The number of methoxy groups -OCH3 is 1. The molecule has 4 nitrogen and oxygen atoms in total. The molecule has 0 aromatic heterocycles. The second-order valence-corrected chi connectivity index (χ2v) is 6.14. The minimum atomic E-state index is -0.710. The van der Waals surface area contributed by atoms with Gasteiger partial charge in [0.05, 0.1) is 24.2 Å². The smallest absolute Gasteiger partial charge is 0.251 e. The molecule has 25 heavy (non-hydrogen) atoms. The molecule has 1 amide bonds. The van der Waals surface area contributed by atoms with E-state index in [1.165, 1.54) is 13.2 Å². The first-order valence-corrected chi connectivity index (χ1v) is 8.42. The highest BCUT2D eigenvalue weighted by Gasteiger charge is 2.19. The van der Waals surface area contributed by atoms with Crippen LogP contribution in [0.5, 0.6) is 11.5 Å². The third-order valence-corrected chi connectivity index (χ3v) is 4.15. The molecule has 1 atom stereocenters. The van der Waals surface area contributed by atoms with Crippen molar-refractivity contribution in [2.45, 2.75) is 19.9 Å². The van der Waals surface area contributed by atoms with Gasteiger partial charge in [0.2, 0.25) is 0 Å². The van der Waals surface area contributed by atoms with Gasteiger partial charge >= 0.3 is 0 Å². The van der Waals surface area contributed by atoms with Crippen LogP contribution < -0.4 is 14.8 Å². The predicted octanol–water partition coefficient (Wildman–Crippen LogP) is 4.63. The average Bonchev–Trinajstić information content (AvgIpc) is 2.56. The molecule has 2 rings (SSSR count). The fraction of sp³-hybridized carbons (Fsp3) is 0.278. The van der Waals surface area contributed by atoms with Crippen molar-refractivity contribution in [3.8, 4) is 11.5 Å². The quantitative estimate of drug-likeness (QED) is 0.750.